The van der Waals surface area contributed by atoms with E-state index in [0.717, 1.165) is 54.0 Å². The van der Waals surface area contributed by atoms with Gasteiger partial charge in [0.2, 0.25) is 5.91 Å². The largest absolute Gasteiger partial charge is 0.346 e. The molecule has 0 aliphatic carbocycles. The molecule has 2 aromatic carbocycles. The van der Waals surface area contributed by atoms with Crippen molar-refractivity contribution < 1.29 is 4.79 Å². The van der Waals surface area contributed by atoms with Gasteiger partial charge in [0.25, 0.3) is 0 Å². The summed E-state index contributed by atoms with van der Waals surface area (Å²) < 4.78 is 2.28. The van der Waals surface area contributed by atoms with Crippen molar-refractivity contribution in [2.24, 2.45) is 0 Å². The summed E-state index contributed by atoms with van der Waals surface area (Å²) in [7, 11) is 0. The Labute approximate surface area is 178 Å². The number of amides is 1. The molecule has 1 heterocycles. The van der Waals surface area contributed by atoms with Crippen LogP contribution in [0, 0.1) is 0 Å². The molecule has 0 bridgehead atoms. The van der Waals surface area contributed by atoms with Crippen LogP contribution in [-0.4, -0.2) is 21.2 Å². The van der Waals surface area contributed by atoms with Gasteiger partial charge in [-0.25, -0.2) is 4.98 Å². The van der Waals surface area contributed by atoms with E-state index in [2.05, 4.69) is 41.9 Å². The number of rotatable bonds is 10. The van der Waals surface area contributed by atoms with Gasteiger partial charge in [-0.1, -0.05) is 50.6 Å². The van der Waals surface area contributed by atoms with Gasteiger partial charge in [-0.15, -0.1) is 11.8 Å². The van der Waals surface area contributed by atoms with Crippen molar-refractivity contribution in [3.05, 3.63) is 59.9 Å². The zero-order chi connectivity index (χ0) is 20.6. The molecule has 29 heavy (non-hydrogen) atoms. The second-order valence-electron chi connectivity index (χ2n) is 7.43. The molecule has 1 atom stereocenters. The summed E-state index contributed by atoms with van der Waals surface area (Å²) in [5, 5.41) is 3.14. The quantitative estimate of drug-likeness (QED) is 0.433. The van der Waals surface area contributed by atoms with Crippen LogP contribution in [0.1, 0.15) is 57.5 Å². The second-order valence-corrected chi connectivity index (χ2v) is 8.59. The average Bonchev–Trinajstić information content (AvgIpc) is 3.09. The van der Waals surface area contributed by atoms with Crippen LogP contribution < -0.4 is 5.32 Å². The van der Waals surface area contributed by atoms with Crippen LogP contribution in [0.15, 0.2) is 53.4 Å². The third-order valence-electron chi connectivity index (χ3n) is 4.93. The molecule has 3 aromatic rings. The fraction of sp³-hybridized carbons (Fsp3) is 0.417. The Hall–Kier alpha value is -2.27. The fourth-order valence-corrected chi connectivity index (χ4v) is 4.26. The summed E-state index contributed by atoms with van der Waals surface area (Å²) in [5.74, 6) is 2.07. The zero-order valence-electron chi connectivity index (χ0n) is 17.6. The van der Waals surface area contributed by atoms with E-state index in [1.807, 2.05) is 49.0 Å². The lowest BCUT2D eigenvalue weighted by Crippen LogP contribution is -2.30. The number of unbranched alkanes of at least 4 members (excludes halogenated alkanes) is 1. The van der Waals surface area contributed by atoms with Gasteiger partial charge >= 0.3 is 0 Å². The summed E-state index contributed by atoms with van der Waals surface area (Å²) in [4.78, 5) is 18.7. The lowest BCUT2D eigenvalue weighted by Gasteiger charge is -2.16. The van der Waals surface area contributed by atoms with Crippen LogP contribution in [0.25, 0.3) is 11.0 Å². The number of thioether (sulfide) groups is 1. The van der Waals surface area contributed by atoms with Crippen molar-refractivity contribution in [3.63, 3.8) is 0 Å². The Bertz CT molecular complexity index is 936. The van der Waals surface area contributed by atoms with E-state index in [1.165, 1.54) is 4.90 Å². The molecule has 1 unspecified atom stereocenters. The summed E-state index contributed by atoms with van der Waals surface area (Å²) in [6.45, 7) is 7.34. The number of carbonyl (C=O) groups is 1. The minimum Gasteiger partial charge on any atom is -0.346 e. The maximum absolute atomic E-state index is 12.6. The Morgan fingerprint density at radius 2 is 1.93 bits per heavy atom. The first kappa shape index (κ1) is 21.4. The zero-order valence-corrected chi connectivity index (χ0v) is 18.5. The molecule has 0 saturated heterocycles. The summed E-state index contributed by atoms with van der Waals surface area (Å²) in [5.41, 5.74) is 3.19. The fourth-order valence-electron chi connectivity index (χ4n) is 3.46. The van der Waals surface area contributed by atoms with Crippen LogP contribution in [0.2, 0.25) is 0 Å². The van der Waals surface area contributed by atoms with Gasteiger partial charge in [0.05, 0.1) is 23.5 Å². The molecule has 154 valence electrons. The Balaban J connectivity index is 1.82. The van der Waals surface area contributed by atoms with E-state index < -0.39 is 0 Å². The molecule has 3 rings (SSSR count). The highest BCUT2D eigenvalue weighted by molar-refractivity contribution is 7.99. The lowest BCUT2D eigenvalue weighted by atomic mass is 10.1. The third-order valence-corrected chi connectivity index (χ3v) is 6.13. The molecule has 0 aliphatic heterocycles. The van der Waals surface area contributed by atoms with Crippen LogP contribution in [0.5, 0.6) is 0 Å². The predicted octanol–water partition coefficient (Wildman–Crippen LogP) is 5.76. The molecule has 0 aliphatic rings. The number of hydrogen-bond donors (Lipinski definition) is 1. The van der Waals surface area contributed by atoms with Crippen LogP contribution >= 0.6 is 11.8 Å². The monoisotopic (exact) mass is 409 g/mol. The molecule has 0 spiro atoms. The molecule has 1 aromatic heterocycles. The average molecular weight is 410 g/mol. The number of fused-ring (bicyclic) bond motifs is 1. The minimum absolute atomic E-state index is 0.0250. The summed E-state index contributed by atoms with van der Waals surface area (Å²) in [6.07, 6.45) is 3.76. The lowest BCUT2D eigenvalue weighted by molar-refractivity contribution is -0.121. The second kappa shape index (κ2) is 10.5. The molecule has 5 heteroatoms. The molecule has 1 N–H and O–H groups in total. The molecule has 0 radical (unpaired) electrons. The SMILES string of the molecule is CCCCn1c(C(C)NC(=O)Cc2ccccc2)nc2cc(SCCC)ccc21. The first-order valence-electron chi connectivity index (χ1n) is 10.6. The molecule has 0 fully saturated rings. The van der Waals surface area contributed by atoms with Gasteiger partial charge in [-0.3, -0.25) is 4.79 Å². The highest BCUT2D eigenvalue weighted by Gasteiger charge is 2.18. The van der Waals surface area contributed by atoms with Crippen LogP contribution in [0.4, 0.5) is 0 Å². The number of aryl methyl sites for hydroxylation is 1. The van der Waals surface area contributed by atoms with Crippen molar-refractivity contribution in [1.82, 2.24) is 14.9 Å². The Morgan fingerprint density at radius 1 is 1.14 bits per heavy atom. The van der Waals surface area contributed by atoms with Gasteiger partial charge in [0.1, 0.15) is 5.82 Å². The first-order valence-corrected chi connectivity index (χ1v) is 11.6. The first-order chi connectivity index (χ1) is 14.1. The van der Waals surface area contributed by atoms with E-state index in [9.17, 15) is 4.79 Å². The number of hydrogen-bond acceptors (Lipinski definition) is 3. The number of aromatic nitrogens is 2. The van der Waals surface area contributed by atoms with E-state index >= 15 is 0 Å². The van der Waals surface area contributed by atoms with Gasteiger partial charge < -0.3 is 9.88 Å². The maximum atomic E-state index is 12.6. The van der Waals surface area contributed by atoms with Gasteiger partial charge in [-0.05, 0) is 49.3 Å². The number of benzene rings is 2. The molecule has 4 nitrogen and oxygen atoms in total. The van der Waals surface area contributed by atoms with Gasteiger partial charge in [-0.2, -0.15) is 0 Å². The van der Waals surface area contributed by atoms with Gasteiger partial charge in [0, 0.05) is 11.4 Å². The highest BCUT2D eigenvalue weighted by Crippen LogP contribution is 2.27. The molecule has 0 saturated carbocycles. The number of carbonyl (C=O) groups excluding carboxylic acids is 1. The molecular weight excluding hydrogens is 378 g/mol. The van der Waals surface area contributed by atoms with Crippen molar-refractivity contribution in [3.8, 4) is 0 Å². The number of nitrogens with one attached hydrogen (secondary N) is 1. The van der Waals surface area contributed by atoms with Crippen molar-refractivity contribution in [1.29, 1.82) is 0 Å². The van der Waals surface area contributed by atoms with E-state index in [1.54, 1.807) is 0 Å². The minimum atomic E-state index is -0.137. The molecular formula is C24H31N3OS. The normalized spacial score (nSPS) is 12.2. The van der Waals surface area contributed by atoms with Crippen LogP contribution in [0.3, 0.4) is 0 Å². The van der Waals surface area contributed by atoms with E-state index in [-0.39, 0.29) is 11.9 Å². The topological polar surface area (TPSA) is 46.9 Å². The van der Waals surface area contributed by atoms with Crippen molar-refractivity contribution >= 4 is 28.7 Å². The summed E-state index contributed by atoms with van der Waals surface area (Å²) in [6, 6.07) is 16.3. The van der Waals surface area contributed by atoms with E-state index in [4.69, 9.17) is 4.98 Å². The maximum Gasteiger partial charge on any atom is 0.224 e. The van der Waals surface area contributed by atoms with Gasteiger partial charge in [0.15, 0.2) is 0 Å². The van der Waals surface area contributed by atoms with E-state index in [0.29, 0.717) is 6.42 Å². The summed E-state index contributed by atoms with van der Waals surface area (Å²) >= 11 is 1.87. The van der Waals surface area contributed by atoms with Crippen molar-refractivity contribution in [2.75, 3.05) is 5.75 Å². The highest BCUT2D eigenvalue weighted by atomic mass is 32.2. The standard InChI is InChI=1S/C24H31N3OS/c1-4-6-14-27-22-13-12-20(29-15-5-2)17-21(22)26-24(27)18(3)25-23(28)16-19-10-8-7-9-11-19/h7-13,17-18H,4-6,14-16H2,1-3H3,(H,25,28). The number of imidazole rings is 1. The molecule has 1 amide bonds. The predicted molar refractivity (Wildman–Crippen MR) is 122 cm³/mol. The third kappa shape index (κ3) is 5.63. The number of nitrogens with zero attached hydrogens (tertiary/aromatic N) is 2. The van der Waals surface area contributed by atoms with Crippen molar-refractivity contribution in [2.45, 2.75) is 63.9 Å². The van der Waals surface area contributed by atoms with Crippen LogP contribution in [-0.2, 0) is 17.8 Å². The smallest absolute Gasteiger partial charge is 0.224 e. The Kier molecular flexibility index (Phi) is 7.76. The Morgan fingerprint density at radius 3 is 2.66 bits per heavy atom.